The molecule has 1 amide bonds. The van der Waals surface area contributed by atoms with Gasteiger partial charge >= 0.3 is 11.9 Å². The molecular weight excluding hydrogens is 438 g/mol. The SMILES string of the molecule is COC(=O)c1c(NC(=O)COC(=O)/C=C/c2cc(OC)c(OC)cc2OC)sc(C)c1C. The number of benzene rings is 1. The first-order valence-electron chi connectivity index (χ1n) is 9.38. The molecule has 2 aromatic rings. The lowest BCUT2D eigenvalue weighted by Crippen LogP contribution is -2.21. The van der Waals surface area contributed by atoms with E-state index in [1.807, 2.05) is 6.92 Å². The van der Waals surface area contributed by atoms with E-state index in [9.17, 15) is 14.4 Å². The van der Waals surface area contributed by atoms with Crippen LogP contribution in [0.15, 0.2) is 18.2 Å². The fourth-order valence-corrected chi connectivity index (χ4v) is 3.82. The van der Waals surface area contributed by atoms with Gasteiger partial charge in [-0.15, -0.1) is 11.3 Å². The first-order chi connectivity index (χ1) is 15.2. The van der Waals surface area contributed by atoms with Crippen LogP contribution in [0.4, 0.5) is 5.00 Å². The van der Waals surface area contributed by atoms with Crippen LogP contribution in [0.5, 0.6) is 17.2 Å². The maximum absolute atomic E-state index is 12.2. The molecule has 0 atom stereocenters. The molecule has 1 heterocycles. The van der Waals surface area contributed by atoms with E-state index in [-0.39, 0.29) is 5.56 Å². The molecule has 0 radical (unpaired) electrons. The van der Waals surface area contributed by atoms with E-state index in [1.165, 1.54) is 45.9 Å². The normalized spacial score (nSPS) is 10.6. The van der Waals surface area contributed by atoms with Gasteiger partial charge in [0.2, 0.25) is 0 Å². The van der Waals surface area contributed by atoms with Crippen molar-refractivity contribution in [1.82, 2.24) is 0 Å². The summed E-state index contributed by atoms with van der Waals surface area (Å²) in [4.78, 5) is 37.1. The summed E-state index contributed by atoms with van der Waals surface area (Å²) in [5.74, 6) is -0.463. The molecule has 0 bridgehead atoms. The average Bonchev–Trinajstić information content (AvgIpc) is 3.07. The van der Waals surface area contributed by atoms with Crippen molar-refractivity contribution in [2.75, 3.05) is 40.4 Å². The van der Waals surface area contributed by atoms with Crippen molar-refractivity contribution in [3.05, 3.63) is 39.8 Å². The van der Waals surface area contributed by atoms with Crippen LogP contribution in [0.3, 0.4) is 0 Å². The minimum atomic E-state index is -0.733. The second-order valence-corrected chi connectivity index (χ2v) is 7.64. The fourth-order valence-electron chi connectivity index (χ4n) is 2.75. The standard InChI is InChI=1S/C22H25NO8S/c1-12-13(2)32-21(20(12)22(26)30-6)23-18(24)11-31-19(25)8-7-14-9-16(28-4)17(29-5)10-15(14)27-3/h7-10H,11H2,1-6H3,(H,23,24)/b8-7+. The molecule has 172 valence electrons. The molecule has 1 aromatic carbocycles. The zero-order chi connectivity index (χ0) is 23.8. The lowest BCUT2D eigenvalue weighted by Gasteiger charge is -2.12. The van der Waals surface area contributed by atoms with Gasteiger partial charge in [-0.2, -0.15) is 0 Å². The Labute approximate surface area is 189 Å². The summed E-state index contributed by atoms with van der Waals surface area (Å²) in [5, 5.41) is 2.94. The van der Waals surface area contributed by atoms with Crippen molar-refractivity contribution < 1.29 is 38.1 Å². The number of hydrogen-bond donors (Lipinski definition) is 1. The second kappa shape index (κ2) is 11.2. The summed E-state index contributed by atoms with van der Waals surface area (Å²) in [6, 6.07) is 3.27. The molecule has 9 nitrogen and oxygen atoms in total. The molecule has 0 aliphatic carbocycles. The third-order valence-corrected chi connectivity index (χ3v) is 5.63. The summed E-state index contributed by atoms with van der Waals surface area (Å²) in [5.41, 5.74) is 1.56. The summed E-state index contributed by atoms with van der Waals surface area (Å²) < 4.78 is 25.5. The number of aryl methyl sites for hydroxylation is 1. The molecule has 0 unspecified atom stereocenters. The number of carbonyl (C=O) groups excluding carboxylic acids is 3. The number of nitrogens with one attached hydrogen (secondary N) is 1. The number of methoxy groups -OCH3 is 4. The zero-order valence-corrected chi connectivity index (χ0v) is 19.5. The van der Waals surface area contributed by atoms with Crippen molar-refractivity contribution in [1.29, 1.82) is 0 Å². The quantitative estimate of drug-likeness (QED) is 0.445. The molecule has 2 rings (SSSR count). The van der Waals surface area contributed by atoms with Crippen molar-refractivity contribution >= 4 is 40.3 Å². The zero-order valence-electron chi connectivity index (χ0n) is 18.7. The molecule has 0 fully saturated rings. The molecule has 0 saturated carbocycles. The molecule has 0 spiro atoms. The summed E-state index contributed by atoms with van der Waals surface area (Å²) in [6.07, 6.45) is 2.64. The van der Waals surface area contributed by atoms with Crippen LogP contribution in [0, 0.1) is 13.8 Å². The van der Waals surface area contributed by atoms with Crippen LogP contribution in [-0.2, 0) is 19.1 Å². The smallest absolute Gasteiger partial charge is 0.341 e. The van der Waals surface area contributed by atoms with E-state index in [0.717, 1.165) is 16.5 Å². The van der Waals surface area contributed by atoms with Gasteiger partial charge in [-0.05, 0) is 31.6 Å². The number of carbonyl (C=O) groups is 3. The summed E-state index contributed by atoms with van der Waals surface area (Å²) in [6.45, 7) is 3.07. The Kier molecular flexibility index (Phi) is 8.65. The number of ether oxygens (including phenoxy) is 5. The number of esters is 2. The van der Waals surface area contributed by atoms with Gasteiger partial charge in [-0.25, -0.2) is 9.59 Å². The molecule has 10 heteroatoms. The monoisotopic (exact) mass is 463 g/mol. The fraction of sp³-hybridized carbons (Fsp3) is 0.318. The van der Waals surface area contributed by atoms with E-state index in [1.54, 1.807) is 19.1 Å². The molecule has 0 saturated heterocycles. The average molecular weight is 464 g/mol. The maximum Gasteiger partial charge on any atom is 0.341 e. The first kappa shape index (κ1) is 24.7. The van der Waals surface area contributed by atoms with Crippen LogP contribution in [0.25, 0.3) is 6.08 Å². The minimum Gasteiger partial charge on any atom is -0.496 e. The van der Waals surface area contributed by atoms with Gasteiger partial charge in [-0.1, -0.05) is 0 Å². The van der Waals surface area contributed by atoms with E-state index in [4.69, 9.17) is 23.7 Å². The van der Waals surface area contributed by atoms with Crippen LogP contribution < -0.4 is 19.5 Å². The Morgan fingerprint density at radius 1 is 0.969 bits per heavy atom. The van der Waals surface area contributed by atoms with Crippen LogP contribution in [-0.4, -0.2) is 52.9 Å². The van der Waals surface area contributed by atoms with Crippen LogP contribution in [0.1, 0.15) is 26.4 Å². The highest BCUT2D eigenvalue weighted by Gasteiger charge is 2.21. The predicted octanol–water partition coefficient (Wildman–Crippen LogP) is 3.37. The van der Waals surface area contributed by atoms with Gasteiger partial charge in [-0.3, -0.25) is 4.79 Å². The number of amides is 1. The lowest BCUT2D eigenvalue weighted by atomic mass is 10.1. The highest BCUT2D eigenvalue weighted by molar-refractivity contribution is 7.16. The topological polar surface area (TPSA) is 109 Å². The first-order valence-corrected chi connectivity index (χ1v) is 10.2. The molecule has 32 heavy (non-hydrogen) atoms. The molecule has 0 aliphatic heterocycles. The van der Waals surface area contributed by atoms with Crippen molar-refractivity contribution in [3.63, 3.8) is 0 Å². The van der Waals surface area contributed by atoms with Gasteiger partial charge in [0.15, 0.2) is 18.1 Å². The predicted molar refractivity (Wildman–Crippen MR) is 120 cm³/mol. The summed E-state index contributed by atoms with van der Waals surface area (Å²) in [7, 11) is 5.74. The van der Waals surface area contributed by atoms with E-state index in [2.05, 4.69) is 5.32 Å². The molecular formula is C22H25NO8S. The van der Waals surface area contributed by atoms with E-state index < -0.39 is 24.5 Å². The Balaban J connectivity index is 2.04. The number of thiophene rings is 1. The molecule has 1 N–H and O–H groups in total. The Morgan fingerprint density at radius 2 is 1.59 bits per heavy atom. The summed E-state index contributed by atoms with van der Waals surface area (Å²) >= 11 is 1.24. The van der Waals surface area contributed by atoms with Gasteiger partial charge in [0.05, 0.1) is 34.0 Å². The van der Waals surface area contributed by atoms with E-state index >= 15 is 0 Å². The van der Waals surface area contributed by atoms with Crippen molar-refractivity contribution in [3.8, 4) is 17.2 Å². The number of hydrogen-bond acceptors (Lipinski definition) is 9. The van der Waals surface area contributed by atoms with Crippen LogP contribution in [0.2, 0.25) is 0 Å². The minimum absolute atomic E-state index is 0.287. The third-order valence-electron chi connectivity index (χ3n) is 4.51. The second-order valence-electron chi connectivity index (χ2n) is 6.42. The maximum atomic E-state index is 12.2. The van der Waals surface area contributed by atoms with E-state index in [0.29, 0.717) is 27.8 Å². The van der Waals surface area contributed by atoms with Gasteiger partial charge in [0.1, 0.15) is 10.8 Å². The van der Waals surface area contributed by atoms with Gasteiger partial charge in [0, 0.05) is 22.6 Å². The third kappa shape index (κ3) is 5.79. The highest BCUT2D eigenvalue weighted by atomic mass is 32.1. The number of rotatable bonds is 9. The van der Waals surface area contributed by atoms with Gasteiger partial charge in [0.25, 0.3) is 5.91 Å². The Morgan fingerprint density at radius 3 is 2.19 bits per heavy atom. The van der Waals surface area contributed by atoms with Crippen molar-refractivity contribution in [2.45, 2.75) is 13.8 Å². The Bertz CT molecular complexity index is 1040. The van der Waals surface area contributed by atoms with Crippen molar-refractivity contribution in [2.24, 2.45) is 0 Å². The largest absolute Gasteiger partial charge is 0.496 e. The molecule has 1 aromatic heterocycles. The lowest BCUT2D eigenvalue weighted by molar-refractivity contribution is -0.142. The number of anilines is 1. The van der Waals surface area contributed by atoms with Crippen LogP contribution >= 0.6 is 11.3 Å². The van der Waals surface area contributed by atoms with Gasteiger partial charge < -0.3 is 29.0 Å². The molecule has 0 aliphatic rings. The Hall–Kier alpha value is -3.53. The highest BCUT2D eigenvalue weighted by Crippen LogP contribution is 2.35.